The third-order valence-corrected chi connectivity index (χ3v) is 5.88. The van der Waals surface area contributed by atoms with Gasteiger partial charge in [-0.2, -0.15) is 0 Å². The molecule has 0 heterocycles. The topological polar surface area (TPSA) is 87.7 Å². The van der Waals surface area contributed by atoms with E-state index in [2.05, 4.69) is 10.6 Å². The molecule has 0 spiro atoms. The number of amides is 2. The summed E-state index contributed by atoms with van der Waals surface area (Å²) in [5.41, 5.74) is 3.63. The number of ether oxygens (including phenoxy) is 1. The van der Waals surface area contributed by atoms with Gasteiger partial charge in [0.1, 0.15) is 5.75 Å². The van der Waals surface area contributed by atoms with Crippen molar-refractivity contribution in [2.45, 2.75) is 38.3 Å². The largest absolute Gasteiger partial charge is 0.483 e. The minimum atomic E-state index is -0.491. The van der Waals surface area contributed by atoms with Gasteiger partial charge in [-0.05, 0) is 61.1 Å². The lowest BCUT2D eigenvalue weighted by molar-refractivity contribution is -0.118. The van der Waals surface area contributed by atoms with Crippen LogP contribution in [0.3, 0.4) is 0 Å². The molecule has 0 aliphatic heterocycles. The lowest BCUT2D eigenvalue weighted by Gasteiger charge is -2.23. The van der Waals surface area contributed by atoms with Crippen molar-refractivity contribution >= 4 is 17.5 Å². The first kappa shape index (κ1) is 22.6. The zero-order chi connectivity index (χ0) is 23.2. The summed E-state index contributed by atoms with van der Waals surface area (Å²) in [7, 11) is 0. The average molecular weight is 445 g/mol. The molecule has 0 aromatic heterocycles. The SMILES string of the molecule is C[C@@H](NC(=O)c1ccccc1NC(=O)COc1cccc2c1CCC[C@H]2O)c1ccccc1. The van der Waals surface area contributed by atoms with E-state index < -0.39 is 6.10 Å². The van der Waals surface area contributed by atoms with Gasteiger partial charge in [-0.3, -0.25) is 9.59 Å². The van der Waals surface area contributed by atoms with Crippen LogP contribution in [-0.4, -0.2) is 23.5 Å². The number of benzene rings is 3. The molecule has 0 unspecified atom stereocenters. The summed E-state index contributed by atoms with van der Waals surface area (Å²) in [5, 5.41) is 16.0. The highest BCUT2D eigenvalue weighted by molar-refractivity contribution is 6.04. The minimum Gasteiger partial charge on any atom is -0.483 e. The number of nitrogens with one attached hydrogen (secondary N) is 2. The fourth-order valence-corrected chi connectivity index (χ4v) is 4.14. The number of aliphatic hydroxyl groups is 1. The van der Waals surface area contributed by atoms with Crippen molar-refractivity contribution in [3.63, 3.8) is 0 Å². The van der Waals surface area contributed by atoms with Crippen molar-refractivity contribution in [2.75, 3.05) is 11.9 Å². The number of carbonyl (C=O) groups excluding carboxylic acids is 2. The van der Waals surface area contributed by atoms with E-state index in [9.17, 15) is 14.7 Å². The van der Waals surface area contributed by atoms with Crippen molar-refractivity contribution in [1.82, 2.24) is 5.32 Å². The van der Waals surface area contributed by atoms with Gasteiger partial charge in [0.25, 0.3) is 11.8 Å². The summed E-state index contributed by atoms with van der Waals surface area (Å²) in [4.78, 5) is 25.5. The van der Waals surface area contributed by atoms with E-state index in [4.69, 9.17) is 4.74 Å². The molecule has 0 radical (unpaired) electrons. The fraction of sp³-hybridized carbons (Fsp3) is 0.259. The van der Waals surface area contributed by atoms with E-state index in [1.54, 1.807) is 24.3 Å². The van der Waals surface area contributed by atoms with Crippen molar-refractivity contribution in [2.24, 2.45) is 0 Å². The first-order valence-electron chi connectivity index (χ1n) is 11.2. The molecule has 1 aliphatic carbocycles. The van der Waals surface area contributed by atoms with E-state index in [0.29, 0.717) is 17.0 Å². The Labute approximate surface area is 193 Å². The zero-order valence-corrected chi connectivity index (χ0v) is 18.6. The van der Waals surface area contributed by atoms with Crippen LogP contribution < -0.4 is 15.4 Å². The van der Waals surface area contributed by atoms with Gasteiger partial charge in [0.15, 0.2) is 6.61 Å². The van der Waals surface area contributed by atoms with Crippen LogP contribution in [0.25, 0.3) is 0 Å². The van der Waals surface area contributed by atoms with Crippen molar-refractivity contribution in [3.05, 3.63) is 95.1 Å². The maximum Gasteiger partial charge on any atom is 0.262 e. The smallest absolute Gasteiger partial charge is 0.262 e. The lowest BCUT2D eigenvalue weighted by Crippen LogP contribution is -2.28. The van der Waals surface area contributed by atoms with Gasteiger partial charge >= 0.3 is 0 Å². The Kier molecular flexibility index (Phi) is 7.05. The van der Waals surface area contributed by atoms with E-state index >= 15 is 0 Å². The highest BCUT2D eigenvalue weighted by Crippen LogP contribution is 2.35. The minimum absolute atomic E-state index is 0.176. The molecule has 3 aromatic rings. The predicted molar refractivity (Wildman–Crippen MR) is 127 cm³/mol. The highest BCUT2D eigenvalue weighted by atomic mass is 16.5. The van der Waals surface area contributed by atoms with Gasteiger partial charge in [0, 0.05) is 0 Å². The zero-order valence-electron chi connectivity index (χ0n) is 18.6. The maximum atomic E-state index is 12.9. The molecule has 170 valence electrons. The quantitative estimate of drug-likeness (QED) is 0.498. The first-order chi connectivity index (χ1) is 16.0. The fourth-order valence-electron chi connectivity index (χ4n) is 4.14. The van der Waals surface area contributed by atoms with Crippen LogP contribution in [0.1, 0.15) is 59.0 Å². The summed E-state index contributed by atoms with van der Waals surface area (Å²) >= 11 is 0. The number of para-hydroxylation sites is 1. The summed E-state index contributed by atoms with van der Waals surface area (Å²) in [6, 6.07) is 22.0. The Balaban J connectivity index is 1.40. The summed E-state index contributed by atoms with van der Waals surface area (Å²) in [6.45, 7) is 1.72. The number of carbonyl (C=O) groups is 2. The van der Waals surface area contributed by atoms with Crippen LogP contribution in [0.15, 0.2) is 72.8 Å². The molecule has 0 fully saturated rings. The monoisotopic (exact) mass is 444 g/mol. The molecule has 6 nitrogen and oxygen atoms in total. The molecular weight excluding hydrogens is 416 g/mol. The molecule has 1 aliphatic rings. The predicted octanol–water partition coefficient (Wildman–Crippen LogP) is 4.56. The van der Waals surface area contributed by atoms with Crippen LogP contribution in [0.4, 0.5) is 5.69 Å². The molecule has 3 aromatic carbocycles. The number of fused-ring (bicyclic) bond motifs is 1. The number of aliphatic hydroxyl groups excluding tert-OH is 1. The highest BCUT2D eigenvalue weighted by Gasteiger charge is 2.21. The Morgan fingerprint density at radius 2 is 1.79 bits per heavy atom. The van der Waals surface area contributed by atoms with Crippen molar-refractivity contribution in [3.8, 4) is 5.75 Å². The first-order valence-corrected chi connectivity index (χ1v) is 11.2. The van der Waals surface area contributed by atoms with Crippen LogP contribution >= 0.6 is 0 Å². The van der Waals surface area contributed by atoms with E-state index in [1.807, 2.05) is 55.5 Å². The molecule has 6 heteroatoms. The molecule has 3 N–H and O–H groups in total. The Bertz CT molecular complexity index is 1130. The Morgan fingerprint density at radius 3 is 2.61 bits per heavy atom. The van der Waals surface area contributed by atoms with Gasteiger partial charge in [-0.1, -0.05) is 54.6 Å². The molecule has 2 atom stereocenters. The standard InChI is InChI=1S/C27H28N2O4/c1-18(19-9-3-2-4-10-19)28-27(32)22-11-5-6-14-23(22)29-26(31)17-33-25-16-8-12-20-21(25)13-7-15-24(20)30/h2-6,8-12,14,16,18,24,30H,7,13,15,17H2,1H3,(H,28,32)(H,29,31)/t18-,24-/m1/s1. The molecule has 0 saturated heterocycles. The van der Waals surface area contributed by atoms with Gasteiger partial charge in [0.2, 0.25) is 0 Å². The van der Waals surface area contributed by atoms with Gasteiger partial charge in [-0.15, -0.1) is 0 Å². The number of hydrogen-bond donors (Lipinski definition) is 3. The normalized spacial score (nSPS) is 15.8. The van der Waals surface area contributed by atoms with Crippen LogP contribution in [-0.2, 0) is 11.2 Å². The lowest BCUT2D eigenvalue weighted by atomic mass is 9.89. The molecule has 33 heavy (non-hydrogen) atoms. The Hall–Kier alpha value is -3.64. The van der Waals surface area contributed by atoms with Gasteiger partial charge < -0.3 is 20.5 Å². The second-order valence-electron chi connectivity index (χ2n) is 8.22. The van der Waals surface area contributed by atoms with Crippen molar-refractivity contribution in [1.29, 1.82) is 0 Å². The molecule has 0 bridgehead atoms. The van der Waals surface area contributed by atoms with Gasteiger partial charge in [0.05, 0.1) is 23.4 Å². The van der Waals surface area contributed by atoms with E-state index in [1.165, 1.54) is 0 Å². The van der Waals surface area contributed by atoms with Crippen LogP contribution in [0.5, 0.6) is 5.75 Å². The Morgan fingerprint density at radius 1 is 1.03 bits per heavy atom. The average Bonchev–Trinajstić information content (AvgIpc) is 2.84. The van der Waals surface area contributed by atoms with Crippen LogP contribution in [0.2, 0.25) is 0 Å². The molecule has 0 saturated carbocycles. The second kappa shape index (κ2) is 10.3. The number of rotatable bonds is 7. The number of anilines is 1. The molecule has 2 amide bonds. The van der Waals surface area contributed by atoms with E-state index in [0.717, 1.165) is 36.0 Å². The van der Waals surface area contributed by atoms with E-state index in [-0.39, 0.29) is 24.5 Å². The maximum absolute atomic E-state index is 12.9. The molecule has 4 rings (SSSR count). The molecular formula is C27H28N2O4. The summed E-state index contributed by atoms with van der Waals surface area (Å²) in [5.74, 6) is -0.0151. The summed E-state index contributed by atoms with van der Waals surface area (Å²) in [6.07, 6.45) is 1.94. The number of hydrogen-bond acceptors (Lipinski definition) is 4. The van der Waals surface area contributed by atoms with Crippen LogP contribution in [0, 0.1) is 0 Å². The van der Waals surface area contributed by atoms with Gasteiger partial charge in [-0.25, -0.2) is 0 Å². The second-order valence-corrected chi connectivity index (χ2v) is 8.22. The third-order valence-electron chi connectivity index (χ3n) is 5.88. The third kappa shape index (κ3) is 5.41. The summed E-state index contributed by atoms with van der Waals surface area (Å²) < 4.78 is 5.79. The van der Waals surface area contributed by atoms with Crippen molar-refractivity contribution < 1.29 is 19.4 Å².